The van der Waals surface area contributed by atoms with E-state index in [0.717, 1.165) is 52.1 Å². The first-order chi connectivity index (χ1) is 8.79. The van der Waals surface area contributed by atoms with Crippen LogP contribution in [0.3, 0.4) is 0 Å². The Balaban J connectivity index is 2.92. The van der Waals surface area contributed by atoms with E-state index in [9.17, 15) is 0 Å². The van der Waals surface area contributed by atoms with E-state index in [-0.39, 0.29) is 5.54 Å². The van der Waals surface area contributed by atoms with Gasteiger partial charge in [-0.2, -0.15) is 0 Å². The molecule has 1 rings (SSSR count). The minimum atomic E-state index is 0.0870. The second kappa shape index (κ2) is 8.25. The van der Waals surface area contributed by atoms with Gasteiger partial charge >= 0.3 is 0 Å². The predicted octanol–water partition coefficient (Wildman–Crippen LogP) is 1.56. The average Bonchev–Trinajstić information content (AvgIpc) is 2.44. The zero-order chi connectivity index (χ0) is 13.3. The summed E-state index contributed by atoms with van der Waals surface area (Å²) in [6.07, 6.45) is 7.97. The largest absolute Gasteiger partial charge is 0.314 e. The van der Waals surface area contributed by atoms with Crippen molar-refractivity contribution in [2.45, 2.75) is 18.4 Å². The van der Waals surface area contributed by atoms with Crippen molar-refractivity contribution in [3.05, 3.63) is 38.0 Å². The predicted molar refractivity (Wildman–Crippen MR) is 79.9 cm³/mol. The maximum absolute atomic E-state index is 3.92. The van der Waals surface area contributed by atoms with Gasteiger partial charge in [0.2, 0.25) is 0 Å². The van der Waals surface area contributed by atoms with E-state index >= 15 is 0 Å². The molecule has 0 aliphatic carbocycles. The van der Waals surface area contributed by atoms with Gasteiger partial charge in [-0.05, 0) is 12.8 Å². The highest BCUT2D eigenvalue weighted by atomic mass is 15.2. The molecule has 102 valence electrons. The molecule has 0 aromatic carbocycles. The summed E-state index contributed by atoms with van der Waals surface area (Å²) in [4.78, 5) is 2.49. The Hall–Kier alpha value is -0.900. The van der Waals surface area contributed by atoms with Crippen molar-refractivity contribution in [3.63, 3.8) is 0 Å². The highest BCUT2D eigenvalue weighted by Crippen LogP contribution is 2.25. The fourth-order valence-electron chi connectivity index (χ4n) is 2.65. The Labute approximate surface area is 112 Å². The lowest BCUT2D eigenvalue weighted by Crippen LogP contribution is -2.55. The Bertz CT molecular complexity index is 263. The van der Waals surface area contributed by atoms with E-state index in [4.69, 9.17) is 0 Å². The number of nitrogens with one attached hydrogen (secondary N) is 2. The lowest BCUT2D eigenvalue weighted by atomic mass is 9.88. The minimum absolute atomic E-state index is 0.0870. The molecule has 0 radical (unpaired) electrons. The van der Waals surface area contributed by atoms with E-state index in [2.05, 4.69) is 35.3 Å². The molecule has 3 heteroatoms. The first-order valence-corrected chi connectivity index (χ1v) is 6.78. The monoisotopic (exact) mass is 249 g/mol. The lowest BCUT2D eigenvalue weighted by Gasteiger charge is -2.43. The molecule has 1 fully saturated rings. The smallest absolute Gasteiger partial charge is 0.0406 e. The molecule has 0 atom stereocenters. The van der Waals surface area contributed by atoms with Gasteiger partial charge in [-0.1, -0.05) is 18.2 Å². The summed E-state index contributed by atoms with van der Waals surface area (Å²) in [5.74, 6) is 0. The molecule has 0 amide bonds. The number of nitrogens with zero attached hydrogens (tertiary/aromatic N) is 1. The van der Waals surface area contributed by atoms with Crippen LogP contribution in [0.1, 0.15) is 12.8 Å². The van der Waals surface area contributed by atoms with Gasteiger partial charge in [0.25, 0.3) is 0 Å². The van der Waals surface area contributed by atoms with Crippen LogP contribution in [0.15, 0.2) is 38.0 Å². The van der Waals surface area contributed by atoms with Crippen LogP contribution in [-0.4, -0.2) is 49.7 Å². The van der Waals surface area contributed by atoms with Crippen LogP contribution in [0.4, 0.5) is 0 Å². The summed E-state index contributed by atoms with van der Waals surface area (Å²) in [5.41, 5.74) is 0.0870. The molecule has 2 N–H and O–H groups in total. The third-order valence-corrected chi connectivity index (χ3v) is 3.56. The molecule has 0 unspecified atom stereocenters. The summed E-state index contributed by atoms with van der Waals surface area (Å²) in [5, 5.41) is 6.99. The molecule has 0 saturated carbocycles. The second-order valence-electron chi connectivity index (χ2n) is 4.87. The molecular weight excluding hydrogens is 222 g/mol. The Morgan fingerprint density at radius 3 is 2.22 bits per heavy atom. The first kappa shape index (κ1) is 15.2. The Morgan fingerprint density at radius 1 is 0.944 bits per heavy atom. The molecule has 0 aromatic rings. The van der Waals surface area contributed by atoms with Crippen molar-refractivity contribution in [1.29, 1.82) is 0 Å². The normalized spacial score (nSPS) is 21.3. The van der Waals surface area contributed by atoms with Crippen LogP contribution >= 0.6 is 0 Å². The molecule has 0 spiro atoms. The highest BCUT2D eigenvalue weighted by Gasteiger charge is 2.33. The maximum atomic E-state index is 3.92. The number of hydrogen-bond acceptors (Lipinski definition) is 3. The Morgan fingerprint density at radius 2 is 1.61 bits per heavy atom. The minimum Gasteiger partial charge on any atom is -0.314 e. The van der Waals surface area contributed by atoms with Gasteiger partial charge in [0.05, 0.1) is 0 Å². The molecule has 1 saturated heterocycles. The van der Waals surface area contributed by atoms with Gasteiger partial charge in [0, 0.05) is 44.8 Å². The van der Waals surface area contributed by atoms with Gasteiger partial charge in [0.15, 0.2) is 0 Å². The standard InChI is InChI=1S/C15H27N3/c1-4-7-15(8-5-2)14-17-10-9-16-11-13-18(15)12-6-3/h4-6,16-17H,1-3,7-14H2. The summed E-state index contributed by atoms with van der Waals surface area (Å²) < 4.78 is 0. The summed E-state index contributed by atoms with van der Waals surface area (Å²) in [7, 11) is 0. The van der Waals surface area contributed by atoms with Gasteiger partial charge in [0.1, 0.15) is 0 Å². The molecule has 18 heavy (non-hydrogen) atoms. The van der Waals surface area contributed by atoms with Crippen molar-refractivity contribution in [3.8, 4) is 0 Å². The molecule has 0 aromatic heterocycles. The molecule has 1 heterocycles. The van der Waals surface area contributed by atoms with Gasteiger partial charge in [-0.25, -0.2) is 0 Å². The quantitative estimate of drug-likeness (QED) is 0.700. The first-order valence-electron chi connectivity index (χ1n) is 6.78. The van der Waals surface area contributed by atoms with Crippen LogP contribution in [0.25, 0.3) is 0 Å². The maximum Gasteiger partial charge on any atom is 0.0406 e. The van der Waals surface area contributed by atoms with Crippen molar-refractivity contribution in [2.24, 2.45) is 0 Å². The zero-order valence-corrected chi connectivity index (χ0v) is 11.5. The SMILES string of the molecule is C=CCN1CCNCCNCC1(CC=C)CC=C. The number of rotatable bonds is 6. The number of hydrogen-bond donors (Lipinski definition) is 2. The van der Waals surface area contributed by atoms with Crippen LogP contribution < -0.4 is 10.6 Å². The molecule has 3 nitrogen and oxygen atoms in total. The Kier molecular flexibility index (Phi) is 6.94. The third-order valence-electron chi connectivity index (χ3n) is 3.56. The zero-order valence-electron chi connectivity index (χ0n) is 11.5. The van der Waals surface area contributed by atoms with Crippen molar-refractivity contribution < 1.29 is 0 Å². The molecular formula is C15H27N3. The molecule has 1 aliphatic heterocycles. The van der Waals surface area contributed by atoms with Crippen LogP contribution in [0.2, 0.25) is 0 Å². The topological polar surface area (TPSA) is 27.3 Å². The van der Waals surface area contributed by atoms with Gasteiger partial charge in [-0.15, -0.1) is 19.7 Å². The van der Waals surface area contributed by atoms with Gasteiger partial charge in [-0.3, -0.25) is 4.90 Å². The summed E-state index contributed by atoms with van der Waals surface area (Å²) in [6.45, 7) is 17.7. The second-order valence-corrected chi connectivity index (χ2v) is 4.87. The van der Waals surface area contributed by atoms with Crippen LogP contribution in [0.5, 0.6) is 0 Å². The van der Waals surface area contributed by atoms with Crippen LogP contribution in [0, 0.1) is 0 Å². The fraction of sp³-hybridized carbons (Fsp3) is 0.600. The van der Waals surface area contributed by atoms with E-state index in [1.165, 1.54) is 0 Å². The van der Waals surface area contributed by atoms with E-state index < -0.39 is 0 Å². The molecule has 1 aliphatic rings. The molecule has 0 bridgehead atoms. The third kappa shape index (κ3) is 4.09. The summed E-state index contributed by atoms with van der Waals surface area (Å²) in [6, 6.07) is 0. The van der Waals surface area contributed by atoms with Crippen LogP contribution in [-0.2, 0) is 0 Å². The van der Waals surface area contributed by atoms with Crippen molar-refractivity contribution >= 4 is 0 Å². The van der Waals surface area contributed by atoms with E-state index in [1.54, 1.807) is 0 Å². The van der Waals surface area contributed by atoms with Crippen molar-refractivity contribution in [2.75, 3.05) is 39.3 Å². The lowest BCUT2D eigenvalue weighted by molar-refractivity contribution is 0.108. The van der Waals surface area contributed by atoms with Gasteiger partial charge < -0.3 is 10.6 Å². The van der Waals surface area contributed by atoms with E-state index in [1.807, 2.05) is 18.2 Å². The fourth-order valence-corrected chi connectivity index (χ4v) is 2.65. The summed E-state index contributed by atoms with van der Waals surface area (Å²) >= 11 is 0. The van der Waals surface area contributed by atoms with Crippen molar-refractivity contribution in [1.82, 2.24) is 15.5 Å². The van der Waals surface area contributed by atoms with E-state index in [0.29, 0.717) is 0 Å². The average molecular weight is 249 g/mol. The highest BCUT2D eigenvalue weighted by molar-refractivity contribution is 5.03.